The molecule has 1 aromatic rings. The van der Waals surface area contributed by atoms with Crippen LogP contribution in [0.3, 0.4) is 0 Å². The average molecular weight is 560 g/mol. The second-order valence-corrected chi connectivity index (χ2v) is 13.8. The summed E-state index contributed by atoms with van der Waals surface area (Å²) in [6.45, 7) is 5.06. The molecule has 14 heteroatoms. The number of nitrogens with one attached hydrogen (secondary N) is 2. The number of nitrogens with zero attached hydrogens (tertiary/aromatic N) is 3. The van der Waals surface area contributed by atoms with Crippen molar-refractivity contribution in [2.24, 2.45) is 0 Å². The normalized spacial score (nSPS) is 25.4. The van der Waals surface area contributed by atoms with Crippen molar-refractivity contribution < 1.29 is 23.5 Å². The summed E-state index contributed by atoms with van der Waals surface area (Å²) < 4.78 is 20.3. The average Bonchev–Trinajstić information content (AvgIpc) is 3.07. The maximum atomic E-state index is 12.0. The summed E-state index contributed by atoms with van der Waals surface area (Å²) in [5.41, 5.74) is -3.79. The molecule has 200 valence electrons. The highest BCUT2D eigenvalue weighted by molar-refractivity contribution is 8.51. The summed E-state index contributed by atoms with van der Waals surface area (Å²) in [4.78, 5) is 25.6. The van der Waals surface area contributed by atoms with Crippen molar-refractivity contribution in [3.8, 4) is 6.07 Å². The lowest BCUT2D eigenvalue weighted by Gasteiger charge is -2.32. The Hall–Kier alpha value is -1.52. The molecule has 0 spiro atoms. The summed E-state index contributed by atoms with van der Waals surface area (Å²) >= 11 is 10.3. The third-order valence-electron chi connectivity index (χ3n) is 6.20. The van der Waals surface area contributed by atoms with Gasteiger partial charge in [-0.25, -0.2) is 4.79 Å². The Bertz CT molecular complexity index is 1120. The largest absolute Gasteiger partial charge is 0.691 e. The predicted molar refractivity (Wildman–Crippen MR) is 140 cm³/mol. The van der Waals surface area contributed by atoms with Crippen molar-refractivity contribution in [2.75, 3.05) is 32.8 Å². The molecule has 1 fully saturated rings. The number of hydrogen-bond donors (Lipinski definition) is 3. The number of hydrogen-bond acceptors (Lipinski definition) is 10. The molecule has 11 nitrogen and oxygen atoms in total. The van der Waals surface area contributed by atoms with E-state index in [2.05, 4.69) is 14.9 Å². The van der Waals surface area contributed by atoms with E-state index in [1.807, 2.05) is 6.07 Å². The second-order valence-electron chi connectivity index (χ2n) is 8.88. The third kappa shape index (κ3) is 8.25. The van der Waals surface area contributed by atoms with Crippen LogP contribution in [-0.2, 0) is 37.8 Å². The number of rotatable bonds is 7. The summed E-state index contributed by atoms with van der Waals surface area (Å²) in [5, 5.41) is 21.5. The van der Waals surface area contributed by atoms with E-state index in [1.54, 1.807) is 6.92 Å². The van der Waals surface area contributed by atoms with E-state index in [1.165, 1.54) is 68.3 Å². The number of aryl methyl sites for hydroxylation is 1. The smallest absolute Gasteiger partial charge is 0.330 e. The third-order valence-corrected chi connectivity index (χ3v) is 8.38. The standard InChI is InChI=1S/C13H18N3O6PS2.C9H16N2/c1-8-6-16(13(19)15-12(8)18)11-5-9(10(7-17)21-11)22-23(24,25)20-4-2-3-14;1-2-5-9-10-6-4-8-11(9)7-3-1/h6,9-11,17H,2,4-5,7H2,1H3,(H,24,25)(H,15,18,19);1-8H2/t9-,10+,11+;/m0./s1. The Morgan fingerprint density at radius 2 is 2.14 bits per heavy atom. The highest BCUT2D eigenvalue weighted by Gasteiger charge is 2.38. The van der Waals surface area contributed by atoms with E-state index in [9.17, 15) is 14.7 Å². The van der Waals surface area contributed by atoms with E-state index in [0.717, 1.165) is 0 Å². The molecule has 1 aromatic heterocycles. The van der Waals surface area contributed by atoms with Gasteiger partial charge in [-0.3, -0.25) is 24.2 Å². The lowest BCUT2D eigenvalue weighted by atomic mass is 10.2. The maximum absolute atomic E-state index is 12.0. The Balaban J connectivity index is 0.000000270. The molecule has 0 aromatic carbocycles. The number of nitriles is 1. The number of aromatic amines is 1. The Labute approximate surface area is 220 Å². The van der Waals surface area contributed by atoms with Gasteiger partial charge in [0.25, 0.3) is 5.56 Å². The first-order valence-electron chi connectivity index (χ1n) is 12.2. The monoisotopic (exact) mass is 559 g/mol. The lowest BCUT2D eigenvalue weighted by molar-refractivity contribution is -0.534. The van der Waals surface area contributed by atoms with Crippen LogP contribution in [0.25, 0.3) is 0 Å². The van der Waals surface area contributed by atoms with Gasteiger partial charge < -0.3 is 31.1 Å². The van der Waals surface area contributed by atoms with E-state index in [-0.39, 0.29) is 26.1 Å². The molecule has 36 heavy (non-hydrogen) atoms. The fraction of sp³-hybridized carbons (Fsp3) is 0.727. The molecule has 0 saturated carbocycles. The van der Waals surface area contributed by atoms with Crippen molar-refractivity contribution in [1.82, 2.24) is 14.9 Å². The van der Waals surface area contributed by atoms with Gasteiger partial charge in [-0.15, -0.1) is 0 Å². The zero-order valence-corrected chi connectivity index (χ0v) is 22.9. The van der Waals surface area contributed by atoms with Crippen molar-refractivity contribution >= 4 is 35.6 Å². The van der Waals surface area contributed by atoms with Gasteiger partial charge in [-0.2, -0.15) is 5.26 Å². The number of amidine groups is 1. The molecular weight excluding hydrogens is 525 g/mol. The topological polar surface area (TPSA) is 142 Å². The van der Waals surface area contributed by atoms with E-state index < -0.39 is 35.4 Å². The van der Waals surface area contributed by atoms with Gasteiger partial charge in [0.05, 0.1) is 57.1 Å². The number of aliphatic hydroxyl groups excluding tert-OH is 1. The molecule has 4 heterocycles. The van der Waals surface area contributed by atoms with Gasteiger partial charge in [0.1, 0.15) is 12.3 Å². The first-order chi connectivity index (χ1) is 17.2. The molecule has 0 amide bonds. The van der Waals surface area contributed by atoms with Crippen LogP contribution >= 0.6 is 5.69 Å². The minimum Gasteiger partial charge on any atom is -0.691 e. The van der Waals surface area contributed by atoms with Gasteiger partial charge >= 0.3 is 5.69 Å². The van der Waals surface area contributed by atoms with Crippen LogP contribution in [0.4, 0.5) is 0 Å². The van der Waals surface area contributed by atoms with E-state index in [4.69, 9.17) is 43.1 Å². The molecular formula is C22H34N5O6PS2. The number of aliphatic hydroxyl groups is 1. The maximum Gasteiger partial charge on any atom is 0.330 e. The molecule has 4 rings (SSSR count). The molecule has 0 aliphatic carbocycles. The number of aromatic nitrogens is 2. The van der Waals surface area contributed by atoms with Gasteiger partial charge in [-0.05, 0) is 26.2 Å². The van der Waals surface area contributed by atoms with Crippen LogP contribution in [0.15, 0.2) is 15.8 Å². The lowest BCUT2D eigenvalue weighted by Crippen LogP contribution is -2.40. The van der Waals surface area contributed by atoms with Gasteiger partial charge in [-0.1, -0.05) is 11.8 Å². The predicted octanol–water partition coefficient (Wildman–Crippen LogP) is 1.18. The first-order valence-corrected chi connectivity index (χ1v) is 15.8. The molecule has 4 atom stereocenters. The highest BCUT2D eigenvalue weighted by atomic mass is 32.9. The summed E-state index contributed by atoms with van der Waals surface area (Å²) in [7, 11) is 0. The molecule has 0 radical (unpaired) electrons. The molecule has 1 unspecified atom stereocenters. The summed E-state index contributed by atoms with van der Waals surface area (Å²) in [6, 6.07) is 1.91. The van der Waals surface area contributed by atoms with Crippen LogP contribution in [0.1, 0.15) is 56.7 Å². The van der Waals surface area contributed by atoms with Crippen molar-refractivity contribution in [3.63, 3.8) is 0 Å². The quantitative estimate of drug-likeness (QED) is 0.193. The molecule has 3 N–H and O–H groups in total. The zero-order valence-electron chi connectivity index (χ0n) is 20.4. The van der Waals surface area contributed by atoms with Crippen molar-refractivity contribution in [2.45, 2.75) is 70.3 Å². The first kappa shape index (κ1) is 29.0. The fourth-order valence-electron chi connectivity index (χ4n) is 4.36. The Morgan fingerprint density at radius 1 is 1.36 bits per heavy atom. The van der Waals surface area contributed by atoms with Gasteiger partial charge in [0, 0.05) is 31.0 Å². The van der Waals surface area contributed by atoms with Gasteiger partial charge in [0.2, 0.25) is 5.84 Å². The molecule has 1 saturated heterocycles. The van der Waals surface area contributed by atoms with Crippen LogP contribution in [-0.4, -0.2) is 70.1 Å². The van der Waals surface area contributed by atoms with E-state index >= 15 is 0 Å². The van der Waals surface area contributed by atoms with Crippen molar-refractivity contribution in [3.05, 3.63) is 32.6 Å². The summed E-state index contributed by atoms with van der Waals surface area (Å²) in [5.74, 6) is 1.52. The van der Waals surface area contributed by atoms with Crippen LogP contribution in [0.2, 0.25) is 0 Å². The zero-order chi connectivity index (χ0) is 26.1. The minimum absolute atomic E-state index is 0.0661. The highest BCUT2D eigenvalue weighted by Crippen LogP contribution is 2.50. The Kier molecular flexibility index (Phi) is 11.2. The second kappa shape index (κ2) is 13.9. The number of H-pyrrole nitrogens is 1. The van der Waals surface area contributed by atoms with Crippen LogP contribution < -0.4 is 16.6 Å². The van der Waals surface area contributed by atoms with Crippen molar-refractivity contribution in [1.29, 1.82) is 5.26 Å². The molecule has 3 aliphatic heterocycles. The van der Waals surface area contributed by atoms with Crippen LogP contribution in [0, 0.1) is 18.3 Å². The van der Waals surface area contributed by atoms with E-state index in [0.29, 0.717) is 5.56 Å². The summed E-state index contributed by atoms with van der Waals surface area (Å²) in [6.07, 6.45) is 6.39. The number of ether oxygens (including phenoxy) is 1. The SMILES string of the molecule is C1CCC2=[N+](CC1)CCCN2.Cc1cn([C@H]2C[C@H](OP(=S)([S-])OCCC#N)[C@@H](CO)O2)c(=O)[nH]c1=O. The molecule has 0 bridgehead atoms. The Morgan fingerprint density at radius 3 is 2.89 bits per heavy atom. The molecule has 3 aliphatic rings. The van der Waals surface area contributed by atoms with Gasteiger partial charge in [0.15, 0.2) is 0 Å². The van der Waals surface area contributed by atoms with Crippen LogP contribution in [0.5, 0.6) is 0 Å². The minimum atomic E-state index is -3.04. The fourth-order valence-corrected chi connectivity index (χ4v) is 6.40.